The van der Waals surface area contributed by atoms with Gasteiger partial charge in [-0.3, -0.25) is 9.63 Å². The molecule has 0 bridgehead atoms. The Morgan fingerprint density at radius 2 is 1.89 bits per heavy atom. The van der Waals surface area contributed by atoms with Crippen molar-refractivity contribution in [2.24, 2.45) is 0 Å². The molecular weight excluding hydrogens is 256 g/mol. The summed E-state index contributed by atoms with van der Waals surface area (Å²) < 4.78 is 25.5. The van der Waals surface area contributed by atoms with Crippen LogP contribution in [-0.2, 0) is 19.7 Å². The van der Waals surface area contributed by atoms with Crippen LogP contribution >= 0.6 is 0 Å². The molecule has 18 heavy (non-hydrogen) atoms. The number of sulfonamides is 1. The Hall–Kier alpha value is -0.660. The molecule has 0 aromatic rings. The van der Waals surface area contributed by atoms with E-state index in [1.54, 1.807) is 4.31 Å². The molecule has 0 saturated carbocycles. The first kappa shape index (κ1) is 15.4. The van der Waals surface area contributed by atoms with E-state index in [4.69, 9.17) is 0 Å². The van der Waals surface area contributed by atoms with Crippen LogP contribution in [0.1, 0.15) is 38.5 Å². The molecule has 1 aliphatic rings. The topological polar surface area (TPSA) is 75.7 Å². The van der Waals surface area contributed by atoms with Crippen LogP contribution < -0.4 is 5.48 Å². The fourth-order valence-corrected chi connectivity index (χ4v) is 3.65. The maximum absolute atomic E-state index is 12.0. The summed E-state index contributed by atoms with van der Waals surface area (Å²) in [6, 6.07) is 0. The third-order valence-electron chi connectivity index (χ3n) is 2.98. The van der Waals surface area contributed by atoms with Crippen LogP contribution in [0.15, 0.2) is 0 Å². The monoisotopic (exact) mass is 278 g/mol. The van der Waals surface area contributed by atoms with Crippen molar-refractivity contribution >= 4 is 15.9 Å². The first-order valence-corrected chi connectivity index (χ1v) is 7.97. The lowest BCUT2D eigenvalue weighted by Crippen LogP contribution is -2.37. The molecule has 7 heteroatoms. The minimum Gasteiger partial charge on any atom is -0.277 e. The minimum absolute atomic E-state index is 0.132. The number of carbonyl (C=O) groups is 1. The predicted molar refractivity (Wildman–Crippen MR) is 68.2 cm³/mol. The molecule has 1 saturated heterocycles. The standard InChI is InChI=1S/C11H22N2O4S/c1-17-12-11(14)7-3-6-10-18(15,16)13-8-4-2-5-9-13/h2-10H2,1H3,(H,12,14). The van der Waals surface area contributed by atoms with E-state index in [0.717, 1.165) is 19.3 Å². The number of hydrogen-bond acceptors (Lipinski definition) is 4. The highest BCUT2D eigenvalue weighted by molar-refractivity contribution is 7.89. The van der Waals surface area contributed by atoms with E-state index < -0.39 is 10.0 Å². The molecule has 0 aromatic heterocycles. The van der Waals surface area contributed by atoms with E-state index >= 15 is 0 Å². The smallest absolute Gasteiger partial charge is 0.243 e. The number of nitrogens with zero attached hydrogens (tertiary/aromatic N) is 1. The molecule has 1 aliphatic heterocycles. The summed E-state index contributed by atoms with van der Waals surface area (Å²) in [4.78, 5) is 15.5. The van der Waals surface area contributed by atoms with E-state index in [-0.39, 0.29) is 11.7 Å². The molecular formula is C11H22N2O4S. The number of rotatable bonds is 7. The van der Waals surface area contributed by atoms with Gasteiger partial charge in [0.25, 0.3) is 0 Å². The predicted octanol–water partition coefficient (Wildman–Crippen LogP) is 0.650. The molecule has 1 amide bonds. The van der Waals surface area contributed by atoms with Crippen molar-refractivity contribution in [2.45, 2.75) is 38.5 Å². The number of hydrogen-bond donors (Lipinski definition) is 1. The first-order chi connectivity index (χ1) is 8.56. The van der Waals surface area contributed by atoms with Gasteiger partial charge < -0.3 is 0 Å². The van der Waals surface area contributed by atoms with Gasteiger partial charge in [0.15, 0.2) is 0 Å². The lowest BCUT2D eigenvalue weighted by atomic mass is 10.2. The molecule has 106 valence electrons. The van der Waals surface area contributed by atoms with Crippen molar-refractivity contribution in [3.63, 3.8) is 0 Å². The van der Waals surface area contributed by atoms with Gasteiger partial charge in [-0.2, -0.15) is 0 Å². The van der Waals surface area contributed by atoms with Gasteiger partial charge >= 0.3 is 0 Å². The number of unbranched alkanes of at least 4 members (excludes halogenated alkanes) is 1. The Morgan fingerprint density at radius 3 is 2.50 bits per heavy atom. The molecule has 0 aliphatic carbocycles. The van der Waals surface area contributed by atoms with E-state index in [1.807, 2.05) is 0 Å². The van der Waals surface area contributed by atoms with Crippen molar-refractivity contribution in [1.29, 1.82) is 0 Å². The van der Waals surface area contributed by atoms with E-state index in [2.05, 4.69) is 10.3 Å². The quantitative estimate of drug-likeness (QED) is 0.548. The normalized spacial score (nSPS) is 17.6. The van der Waals surface area contributed by atoms with Crippen LogP contribution in [0.3, 0.4) is 0 Å². The Morgan fingerprint density at radius 1 is 1.22 bits per heavy atom. The van der Waals surface area contributed by atoms with Gasteiger partial charge in [-0.25, -0.2) is 18.2 Å². The second kappa shape index (κ2) is 7.70. The molecule has 0 spiro atoms. The largest absolute Gasteiger partial charge is 0.277 e. The zero-order valence-electron chi connectivity index (χ0n) is 10.9. The molecule has 6 nitrogen and oxygen atoms in total. The van der Waals surface area contributed by atoms with Gasteiger partial charge in [0.05, 0.1) is 12.9 Å². The summed E-state index contributed by atoms with van der Waals surface area (Å²) in [7, 11) is -1.75. The van der Waals surface area contributed by atoms with Crippen LogP contribution in [-0.4, -0.2) is 44.6 Å². The van der Waals surface area contributed by atoms with E-state index in [1.165, 1.54) is 7.11 Å². The summed E-state index contributed by atoms with van der Waals surface area (Å²) in [6.45, 7) is 1.29. The van der Waals surface area contributed by atoms with Crippen molar-refractivity contribution in [3.8, 4) is 0 Å². The maximum Gasteiger partial charge on any atom is 0.243 e. The second-order valence-electron chi connectivity index (χ2n) is 4.46. The lowest BCUT2D eigenvalue weighted by molar-refractivity contribution is -0.131. The fourth-order valence-electron chi connectivity index (χ4n) is 2.01. The Bertz CT molecular complexity index is 350. The molecule has 1 fully saturated rings. The van der Waals surface area contributed by atoms with Gasteiger partial charge in [-0.05, 0) is 25.7 Å². The molecule has 0 atom stereocenters. The number of carbonyl (C=O) groups excluding carboxylic acids is 1. The highest BCUT2D eigenvalue weighted by atomic mass is 32.2. The van der Waals surface area contributed by atoms with Crippen LogP contribution in [0.25, 0.3) is 0 Å². The van der Waals surface area contributed by atoms with Crippen molar-refractivity contribution in [2.75, 3.05) is 26.0 Å². The Labute approximate surface area is 109 Å². The highest BCUT2D eigenvalue weighted by Crippen LogP contribution is 2.14. The van der Waals surface area contributed by atoms with Gasteiger partial charge in [0.1, 0.15) is 0 Å². The Kier molecular flexibility index (Phi) is 6.59. The van der Waals surface area contributed by atoms with Gasteiger partial charge in [0, 0.05) is 19.5 Å². The maximum atomic E-state index is 12.0. The highest BCUT2D eigenvalue weighted by Gasteiger charge is 2.23. The zero-order valence-corrected chi connectivity index (χ0v) is 11.7. The van der Waals surface area contributed by atoms with E-state index in [9.17, 15) is 13.2 Å². The molecule has 0 aromatic carbocycles. The number of hydroxylamine groups is 1. The number of nitrogens with one attached hydrogen (secondary N) is 1. The van der Waals surface area contributed by atoms with Gasteiger partial charge in [-0.1, -0.05) is 6.42 Å². The van der Waals surface area contributed by atoms with Crippen LogP contribution in [0, 0.1) is 0 Å². The summed E-state index contributed by atoms with van der Waals surface area (Å²) in [5.74, 6) is -0.0827. The number of amides is 1. The summed E-state index contributed by atoms with van der Waals surface area (Å²) in [5.41, 5.74) is 2.21. The van der Waals surface area contributed by atoms with Crippen LogP contribution in [0.5, 0.6) is 0 Å². The summed E-state index contributed by atoms with van der Waals surface area (Å²) in [5, 5.41) is 0. The average Bonchev–Trinajstić information content (AvgIpc) is 2.36. The van der Waals surface area contributed by atoms with Gasteiger partial charge in [0.2, 0.25) is 15.9 Å². The fraction of sp³-hybridized carbons (Fsp3) is 0.909. The van der Waals surface area contributed by atoms with Gasteiger partial charge in [-0.15, -0.1) is 0 Å². The molecule has 1 heterocycles. The molecule has 0 radical (unpaired) electrons. The third-order valence-corrected chi connectivity index (χ3v) is 4.94. The molecule has 1 rings (SSSR count). The Balaban J connectivity index is 2.22. The second-order valence-corrected chi connectivity index (χ2v) is 6.55. The molecule has 0 unspecified atom stereocenters. The average molecular weight is 278 g/mol. The minimum atomic E-state index is -3.12. The zero-order chi connectivity index (χ0) is 13.4. The van der Waals surface area contributed by atoms with Crippen molar-refractivity contribution in [1.82, 2.24) is 9.79 Å². The summed E-state index contributed by atoms with van der Waals surface area (Å²) >= 11 is 0. The third kappa shape index (κ3) is 5.32. The SMILES string of the molecule is CONC(=O)CCCCS(=O)(=O)N1CCCCC1. The van der Waals surface area contributed by atoms with E-state index in [0.29, 0.717) is 32.4 Å². The number of piperidine rings is 1. The van der Waals surface area contributed by atoms with Crippen LogP contribution in [0.2, 0.25) is 0 Å². The first-order valence-electron chi connectivity index (χ1n) is 6.36. The van der Waals surface area contributed by atoms with Crippen molar-refractivity contribution in [3.05, 3.63) is 0 Å². The van der Waals surface area contributed by atoms with Crippen molar-refractivity contribution < 1.29 is 18.0 Å². The summed E-state index contributed by atoms with van der Waals surface area (Å²) in [6.07, 6.45) is 4.38. The molecule has 1 N–H and O–H groups in total. The lowest BCUT2D eigenvalue weighted by Gasteiger charge is -2.25. The van der Waals surface area contributed by atoms with Crippen LogP contribution in [0.4, 0.5) is 0 Å².